The number of aryl methyl sites for hydroxylation is 1. The van der Waals surface area contributed by atoms with Gasteiger partial charge >= 0.3 is 0 Å². The highest BCUT2D eigenvalue weighted by Gasteiger charge is 2.17. The van der Waals surface area contributed by atoms with E-state index in [1.165, 1.54) is 30.5 Å². The van der Waals surface area contributed by atoms with E-state index >= 15 is 0 Å². The molecule has 0 radical (unpaired) electrons. The van der Waals surface area contributed by atoms with Gasteiger partial charge in [-0.3, -0.25) is 0 Å². The summed E-state index contributed by atoms with van der Waals surface area (Å²) in [6.07, 6.45) is 3.88. The van der Waals surface area contributed by atoms with Crippen molar-refractivity contribution in [3.8, 4) is 5.75 Å². The van der Waals surface area contributed by atoms with Crippen molar-refractivity contribution in [1.29, 1.82) is 0 Å². The summed E-state index contributed by atoms with van der Waals surface area (Å²) in [4.78, 5) is 2.46. The number of unbranched alkanes of at least 4 members (excludes halogenated alkanes) is 2. The molecule has 0 bridgehead atoms. The van der Waals surface area contributed by atoms with E-state index in [9.17, 15) is 0 Å². The first-order chi connectivity index (χ1) is 7.81. The Hall–Kier alpha value is -1.18. The monoisotopic (exact) mass is 219 g/mol. The zero-order valence-electron chi connectivity index (χ0n) is 10.3. The summed E-state index contributed by atoms with van der Waals surface area (Å²) in [6, 6.07) is 6.45. The second kappa shape index (κ2) is 5.24. The minimum atomic E-state index is 0.822. The van der Waals surface area contributed by atoms with Gasteiger partial charge in [0.1, 0.15) is 12.4 Å². The molecule has 2 rings (SSSR count). The zero-order chi connectivity index (χ0) is 11.4. The molecule has 0 N–H and O–H groups in total. The molecule has 0 fully saturated rings. The van der Waals surface area contributed by atoms with Crippen LogP contribution in [-0.2, 0) is 0 Å². The van der Waals surface area contributed by atoms with E-state index in [2.05, 4.69) is 36.9 Å². The topological polar surface area (TPSA) is 12.5 Å². The van der Waals surface area contributed by atoms with Crippen LogP contribution in [0.3, 0.4) is 0 Å². The van der Waals surface area contributed by atoms with Gasteiger partial charge in [-0.1, -0.05) is 25.8 Å². The van der Waals surface area contributed by atoms with Gasteiger partial charge in [0, 0.05) is 6.54 Å². The molecular formula is C14H21NO. The molecule has 2 nitrogen and oxygen atoms in total. The molecule has 0 saturated carbocycles. The van der Waals surface area contributed by atoms with Crippen molar-refractivity contribution in [1.82, 2.24) is 0 Å². The van der Waals surface area contributed by atoms with Crippen molar-refractivity contribution in [3.05, 3.63) is 23.8 Å². The molecule has 16 heavy (non-hydrogen) atoms. The van der Waals surface area contributed by atoms with Gasteiger partial charge in [0.25, 0.3) is 0 Å². The highest BCUT2D eigenvalue weighted by atomic mass is 16.5. The standard InChI is InChI=1S/C14H21NO/c1-3-4-5-8-15-9-10-16-14-7-6-12(2)11-13(14)15/h6-7,11H,3-5,8-10H2,1-2H3. The number of anilines is 1. The van der Waals surface area contributed by atoms with Crippen LogP contribution in [0.2, 0.25) is 0 Å². The largest absolute Gasteiger partial charge is 0.490 e. The summed E-state index contributed by atoms with van der Waals surface area (Å²) in [5, 5.41) is 0. The maximum atomic E-state index is 5.67. The maximum absolute atomic E-state index is 5.67. The van der Waals surface area contributed by atoms with E-state index in [4.69, 9.17) is 4.74 Å². The van der Waals surface area contributed by atoms with Crippen molar-refractivity contribution < 1.29 is 4.74 Å². The SMILES string of the molecule is CCCCCN1CCOc2ccc(C)cc21. The molecule has 1 aromatic carbocycles. The highest BCUT2D eigenvalue weighted by molar-refractivity contribution is 5.61. The van der Waals surface area contributed by atoms with E-state index in [-0.39, 0.29) is 0 Å². The van der Waals surface area contributed by atoms with Crippen molar-refractivity contribution >= 4 is 5.69 Å². The number of nitrogens with zero attached hydrogens (tertiary/aromatic N) is 1. The molecule has 0 atom stereocenters. The second-order valence-electron chi connectivity index (χ2n) is 4.51. The number of fused-ring (bicyclic) bond motifs is 1. The van der Waals surface area contributed by atoms with Gasteiger partial charge in [0.15, 0.2) is 0 Å². The second-order valence-corrected chi connectivity index (χ2v) is 4.51. The first-order valence-corrected chi connectivity index (χ1v) is 6.29. The van der Waals surface area contributed by atoms with Crippen LogP contribution in [0.25, 0.3) is 0 Å². The van der Waals surface area contributed by atoms with Crippen LogP contribution in [0.5, 0.6) is 5.75 Å². The molecule has 0 amide bonds. The predicted octanol–water partition coefficient (Wildman–Crippen LogP) is 3.38. The van der Waals surface area contributed by atoms with Crippen molar-refractivity contribution in [2.45, 2.75) is 33.1 Å². The molecule has 1 aliphatic rings. The number of rotatable bonds is 4. The van der Waals surface area contributed by atoms with Crippen LogP contribution in [-0.4, -0.2) is 19.7 Å². The van der Waals surface area contributed by atoms with E-state index in [0.717, 1.165) is 25.4 Å². The van der Waals surface area contributed by atoms with Gasteiger partial charge in [-0.25, -0.2) is 0 Å². The van der Waals surface area contributed by atoms with Crippen LogP contribution < -0.4 is 9.64 Å². The summed E-state index contributed by atoms with van der Waals surface area (Å²) in [5.74, 6) is 1.05. The average Bonchev–Trinajstić information content (AvgIpc) is 2.30. The van der Waals surface area contributed by atoms with Crippen LogP contribution in [0.15, 0.2) is 18.2 Å². The fourth-order valence-corrected chi connectivity index (χ4v) is 2.17. The Labute approximate surface area is 98.2 Å². The molecule has 0 aromatic heterocycles. The van der Waals surface area contributed by atoms with Crippen molar-refractivity contribution in [2.24, 2.45) is 0 Å². The minimum Gasteiger partial charge on any atom is -0.490 e. The third-order valence-corrected chi connectivity index (χ3v) is 3.11. The Morgan fingerprint density at radius 2 is 2.19 bits per heavy atom. The quantitative estimate of drug-likeness (QED) is 0.720. The van der Waals surface area contributed by atoms with Gasteiger partial charge in [0.05, 0.1) is 12.2 Å². The predicted molar refractivity (Wildman–Crippen MR) is 68.4 cm³/mol. The Kier molecular flexibility index (Phi) is 3.70. The first kappa shape index (κ1) is 11.3. The number of ether oxygens (including phenoxy) is 1. The summed E-state index contributed by atoms with van der Waals surface area (Å²) < 4.78 is 5.67. The lowest BCUT2D eigenvalue weighted by atomic mass is 10.1. The first-order valence-electron chi connectivity index (χ1n) is 6.29. The molecular weight excluding hydrogens is 198 g/mol. The highest BCUT2D eigenvalue weighted by Crippen LogP contribution is 2.32. The van der Waals surface area contributed by atoms with Crippen molar-refractivity contribution in [2.75, 3.05) is 24.6 Å². The summed E-state index contributed by atoms with van der Waals surface area (Å²) in [6.45, 7) is 7.40. The molecule has 1 aliphatic heterocycles. The Bertz CT molecular complexity index is 349. The van der Waals surface area contributed by atoms with Crippen LogP contribution in [0.4, 0.5) is 5.69 Å². The smallest absolute Gasteiger partial charge is 0.142 e. The Morgan fingerprint density at radius 3 is 3.00 bits per heavy atom. The van der Waals surface area contributed by atoms with E-state index in [1.807, 2.05) is 0 Å². The van der Waals surface area contributed by atoms with Crippen LogP contribution in [0, 0.1) is 6.92 Å². The molecule has 1 heterocycles. The normalized spacial score (nSPS) is 14.5. The average molecular weight is 219 g/mol. The zero-order valence-corrected chi connectivity index (χ0v) is 10.3. The maximum Gasteiger partial charge on any atom is 0.142 e. The summed E-state index contributed by atoms with van der Waals surface area (Å²) in [5.41, 5.74) is 2.59. The van der Waals surface area contributed by atoms with E-state index in [1.54, 1.807) is 0 Å². The van der Waals surface area contributed by atoms with E-state index in [0.29, 0.717) is 0 Å². The van der Waals surface area contributed by atoms with Crippen LogP contribution >= 0.6 is 0 Å². The van der Waals surface area contributed by atoms with Gasteiger partial charge in [-0.2, -0.15) is 0 Å². The third-order valence-electron chi connectivity index (χ3n) is 3.11. The Morgan fingerprint density at radius 1 is 1.31 bits per heavy atom. The summed E-state index contributed by atoms with van der Waals surface area (Å²) in [7, 11) is 0. The molecule has 2 heteroatoms. The minimum absolute atomic E-state index is 0.822. The van der Waals surface area contributed by atoms with Gasteiger partial charge in [-0.15, -0.1) is 0 Å². The fourth-order valence-electron chi connectivity index (χ4n) is 2.17. The molecule has 0 unspecified atom stereocenters. The van der Waals surface area contributed by atoms with Crippen LogP contribution in [0.1, 0.15) is 31.7 Å². The molecule has 0 spiro atoms. The number of hydrogen-bond donors (Lipinski definition) is 0. The van der Waals surface area contributed by atoms with Crippen molar-refractivity contribution in [3.63, 3.8) is 0 Å². The molecule has 0 saturated heterocycles. The Balaban J connectivity index is 2.09. The third kappa shape index (κ3) is 2.49. The van der Waals surface area contributed by atoms with Gasteiger partial charge < -0.3 is 9.64 Å². The molecule has 1 aromatic rings. The number of benzene rings is 1. The lowest BCUT2D eigenvalue weighted by molar-refractivity contribution is 0.307. The lowest BCUT2D eigenvalue weighted by Crippen LogP contribution is -2.33. The van der Waals surface area contributed by atoms with Gasteiger partial charge in [-0.05, 0) is 31.0 Å². The molecule has 88 valence electrons. The summed E-state index contributed by atoms with van der Waals surface area (Å²) >= 11 is 0. The van der Waals surface area contributed by atoms with E-state index < -0.39 is 0 Å². The molecule has 0 aliphatic carbocycles. The fraction of sp³-hybridized carbons (Fsp3) is 0.571. The number of hydrogen-bond acceptors (Lipinski definition) is 2. The lowest BCUT2D eigenvalue weighted by Gasteiger charge is -2.31. The van der Waals surface area contributed by atoms with Gasteiger partial charge in [0.2, 0.25) is 0 Å².